The minimum atomic E-state index is -0.786. The SMILES string of the molecule is CCCC(=O)C1(C(=O)OCC)CCCC1. The fraction of sp³-hybridized carbons (Fsp3) is 0.833. The van der Waals surface area contributed by atoms with Crippen LogP contribution in [0.25, 0.3) is 0 Å². The van der Waals surface area contributed by atoms with E-state index in [1.807, 2.05) is 6.92 Å². The van der Waals surface area contributed by atoms with E-state index in [-0.39, 0.29) is 11.8 Å². The Morgan fingerprint density at radius 3 is 2.27 bits per heavy atom. The predicted octanol–water partition coefficient (Wildman–Crippen LogP) is 2.48. The molecule has 3 heteroatoms. The van der Waals surface area contributed by atoms with E-state index < -0.39 is 5.41 Å². The number of carbonyl (C=O) groups excluding carboxylic acids is 2. The van der Waals surface area contributed by atoms with Crippen LogP contribution in [0.1, 0.15) is 52.4 Å². The second-order valence-electron chi connectivity index (χ2n) is 4.18. The summed E-state index contributed by atoms with van der Waals surface area (Å²) in [6, 6.07) is 0. The second kappa shape index (κ2) is 5.29. The summed E-state index contributed by atoms with van der Waals surface area (Å²) in [5, 5.41) is 0. The second-order valence-corrected chi connectivity index (χ2v) is 4.18. The van der Waals surface area contributed by atoms with E-state index in [4.69, 9.17) is 4.74 Å². The average Bonchev–Trinajstić information content (AvgIpc) is 2.68. The van der Waals surface area contributed by atoms with E-state index in [0.717, 1.165) is 19.3 Å². The maximum Gasteiger partial charge on any atom is 0.319 e. The molecule has 1 rings (SSSR count). The Kier molecular flexibility index (Phi) is 4.30. The zero-order valence-corrected chi connectivity index (χ0v) is 9.67. The van der Waals surface area contributed by atoms with E-state index in [0.29, 0.717) is 25.9 Å². The first-order chi connectivity index (χ1) is 7.17. The fourth-order valence-corrected chi connectivity index (χ4v) is 2.31. The van der Waals surface area contributed by atoms with Crippen molar-refractivity contribution in [3.63, 3.8) is 0 Å². The third-order valence-corrected chi connectivity index (χ3v) is 3.13. The Balaban J connectivity index is 2.78. The summed E-state index contributed by atoms with van der Waals surface area (Å²) < 4.78 is 5.04. The van der Waals surface area contributed by atoms with Gasteiger partial charge in [0.1, 0.15) is 11.2 Å². The third kappa shape index (κ3) is 2.39. The summed E-state index contributed by atoms with van der Waals surface area (Å²) in [5.41, 5.74) is -0.786. The molecule has 15 heavy (non-hydrogen) atoms. The Morgan fingerprint density at radius 2 is 1.80 bits per heavy atom. The Bertz CT molecular complexity index is 219. The van der Waals surface area contributed by atoms with E-state index in [2.05, 4.69) is 0 Å². The highest BCUT2D eigenvalue weighted by molar-refractivity contribution is 6.04. The van der Waals surface area contributed by atoms with Crippen molar-refractivity contribution in [2.75, 3.05) is 6.61 Å². The predicted molar refractivity (Wildman–Crippen MR) is 57.4 cm³/mol. The van der Waals surface area contributed by atoms with E-state index in [9.17, 15) is 9.59 Å². The maximum absolute atomic E-state index is 12.0. The first-order valence-electron chi connectivity index (χ1n) is 5.88. The van der Waals surface area contributed by atoms with E-state index >= 15 is 0 Å². The fourth-order valence-electron chi connectivity index (χ4n) is 2.31. The van der Waals surface area contributed by atoms with Gasteiger partial charge in [-0.2, -0.15) is 0 Å². The molecule has 0 saturated heterocycles. The number of carbonyl (C=O) groups is 2. The molecule has 3 nitrogen and oxygen atoms in total. The molecule has 1 saturated carbocycles. The molecule has 0 N–H and O–H groups in total. The Hall–Kier alpha value is -0.860. The van der Waals surface area contributed by atoms with Gasteiger partial charge < -0.3 is 4.74 Å². The highest BCUT2D eigenvalue weighted by Crippen LogP contribution is 2.41. The molecule has 0 atom stereocenters. The first-order valence-corrected chi connectivity index (χ1v) is 5.88. The molecule has 0 spiro atoms. The normalized spacial score (nSPS) is 18.8. The number of ether oxygens (including phenoxy) is 1. The molecular formula is C12H20O3. The minimum absolute atomic E-state index is 0.0842. The molecule has 0 bridgehead atoms. The standard InChI is InChI=1S/C12H20O3/c1-3-7-10(13)12(8-5-6-9-12)11(14)15-4-2/h3-9H2,1-2H3. The lowest BCUT2D eigenvalue weighted by atomic mass is 9.80. The molecule has 0 heterocycles. The summed E-state index contributed by atoms with van der Waals surface area (Å²) in [7, 11) is 0. The van der Waals surface area contributed by atoms with Crippen LogP contribution in [-0.2, 0) is 14.3 Å². The number of hydrogen-bond acceptors (Lipinski definition) is 3. The van der Waals surface area contributed by atoms with Crippen LogP contribution in [-0.4, -0.2) is 18.4 Å². The number of Topliss-reactive ketones (excluding diaryl/α,β-unsaturated/α-hetero) is 1. The molecule has 0 aromatic rings. The Morgan fingerprint density at radius 1 is 1.20 bits per heavy atom. The van der Waals surface area contributed by atoms with Crippen molar-refractivity contribution < 1.29 is 14.3 Å². The smallest absolute Gasteiger partial charge is 0.319 e. The minimum Gasteiger partial charge on any atom is -0.465 e. The topological polar surface area (TPSA) is 43.4 Å². The van der Waals surface area contributed by atoms with Crippen LogP contribution in [0.15, 0.2) is 0 Å². The average molecular weight is 212 g/mol. The van der Waals surface area contributed by atoms with Crippen LogP contribution in [0.3, 0.4) is 0 Å². The molecular weight excluding hydrogens is 192 g/mol. The van der Waals surface area contributed by atoms with Gasteiger partial charge in [0, 0.05) is 6.42 Å². The monoisotopic (exact) mass is 212 g/mol. The van der Waals surface area contributed by atoms with Crippen LogP contribution in [0, 0.1) is 5.41 Å². The molecule has 0 amide bonds. The van der Waals surface area contributed by atoms with Gasteiger partial charge in [0.25, 0.3) is 0 Å². The van der Waals surface area contributed by atoms with Gasteiger partial charge in [-0.05, 0) is 26.2 Å². The lowest BCUT2D eigenvalue weighted by Gasteiger charge is -2.24. The van der Waals surface area contributed by atoms with Crippen molar-refractivity contribution in [1.82, 2.24) is 0 Å². The van der Waals surface area contributed by atoms with Crippen LogP contribution >= 0.6 is 0 Å². The van der Waals surface area contributed by atoms with Gasteiger partial charge in [-0.25, -0.2) is 0 Å². The molecule has 0 unspecified atom stereocenters. The summed E-state index contributed by atoms with van der Waals surface area (Å²) in [6.45, 7) is 4.11. The molecule has 86 valence electrons. The van der Waals surface area contributed by atoms with Crippen LogP contribution < -0.4 is 0 Å². The van der Waals surface area contributed by atoms with Gasteiger partial charge in [0.15, 0.2) is 0 Å². The van der Waals surface area contributed by atoms with Gasteiger partial charge in [0.05, 0.1) is 6.61 Å². The zero-order chi connectivity index (χ0) is 11.3. The first kappa shape index (κ1) is 12.2. The van der Waals surface area contributed by atoms with Crippen LogP contribution in [0.5, 0.6) is 0 Å². The molecule has 0 aromatic heterocycles. The van der Waals surface area contributed by atoms with Gasteiger partial charge in [-0.1, -0.05) is 19.8 Å². The van der Waals surface area contributed by atoms with Gasteiger partial charge in [0.2, 0.25) is 0 Å². The maximum atomic E-state index is 12.0. The number of rotatable bonds is 5. The summed E-state index contributed by atoms with van der Waals surface area (Å²) in [4.78, 5) is 23.8. The number of ketones is 1. The molecule has 0 aromatic carbocycles. The van der Waals surface area contributed by atoms with Crippen molar-refractivity contribution in [1.29, 1.82) is 0 Å². The quantitative estimate of drug-likeness (QED) is 0.519. The van der Waals surface area contributed by atoms with Gasteiger partial charge >= 0.3 is 5.97 Å². The largest absolute Gasteiger partial charge is 0.465 e. The lowest BCUT2D eigenvalue weighted by molar-refractivity contribution is -0.159. The van der Waals surface area contributed by atoms with Gasteiger partial charge in [-0.3, -0.25) is 9.59 Å². The summed E-state index contributed by atoms with van der Waals surface area (Å²) in [6.07, 6.45) is 4.61. The van der Waals surface area contributed by atoms with Gasteiger partial charge in [-0.15, -0.1) is 0 Å². The van der Waals surface area contributed by atoms with Crippen molar-refractivity contribution in [3.05, 3.63) is 0 Å². The summed E-state index contributed by atoms with van der Waals surface area (Å²) >= 11 is 0. The van der Waals surface area contributed by atoms with E-state index in [1.165, 1.54) is 0 Å². The van der Waals surface area contributed by atoms with Crippen molar-refractivity contribution in [2.45, 2.75) is 52.4 Å². The molecule has 1 fully saturated rings. The number of hydrogen-bond donors (Lipinski definition) is 0. The highest BCUT2D eigenvalue weighted by Gasteiger charge is 2.47. The highest BCUT2D eigenvalue weighted by atomic mass is 16.5. The summed E-state index contributed by atoms with van der Waals surface area (Å²) in [5.74, 6) is -0.207. The molecule has 1 aliphatic carbocycles. The Labute approximate surface area is 91.2 Å². The van der Waals surface area contributed by atoms with Crippen molar-refractivity contribution >= 4 is 11.8 Å². The lowest BCUT2D eigenvalue weighted by Crippen LogP contribution is -2.38. The molecule has 1 aliphatic rings. The van der Waals surface area contributed by atoms with Crippen molar-refractivity contribution in [3.8, 4) is 0 Å². The molecule has 0 radical (unpaired) electrons. The van der Waals surface area contributed by atoms with E-state index in [1.54, 1.807) is 6.92 Å². The third-order valence-electron chi connectivity index (χ3n) is 3.13. The van der Waals surface area contributed by atoms with Crippen molar-refractivity contribution in [2.24, 2.45) is 5.41 Å². The van der Waals surface area contributed by atoms with Crippen LogP contribution in [0.2, 0.25) is 0 Å². The molecule has 0 aliphatic heterocycles. The van der Waals surface area contributed by atoms with Crippen LogP contribution in [0.4, 0.5) is 0 Å². The number of esters is 1. The zero-order valence-electron chi connectivity index (χ0n) is 9.67.